The van der Waals surface area contributed by atoms with Gasteiger partial charge >= 0.3 is 0 Å². The lowest BCUT2D eigenvalue weighted by Gasteiger charge is -2.17. The number of hydrogen-bond acceptors (Lipinski definition) is 3. The van der Waals surface area contributed by atoms with Gasteiger partial charge < -0.3 is 15.2 Å². The van der Waals surface area contributed by atoms with Crippen LogP contribution in [0.15, 0.2) is 24.3 Å². The summed E-state index contributed by atoms with van der Waals surface area (Å²) in [6.07, 6.45) is 2.01. The first-order valence-electron chi connectivity index (χ1n) is 5.76. The molecule has 0 bridgehead atoms. The Labute approximate surface area is 96.5 Å². The minimum absolute atomic E-state index is 0.205. The van der Waals surface area contributed by atoms with Crippen molar-refractivity contribution >= 4 is 0 Å². The zero-order chi connectivity index (χ0) is 11.4. The van der Waals surface area contributed by atoms with Crippen molar-refractivity contribution in [1.29, 1.82) is 0 Å². The number of methoxy groups -OCH3 is 1. The van der Waals surface area contributed by atoms with Crippen molar-refractivity contribution in [2.24, 2.45) is 11.7 Å². The van der Waals surface area contributed by atoms with Crippen LogP contribution in [0.4, 0.5) is 0 Å². The average molecular weight is 221 g/mol. The molecule has 1 saturated heterocycles. The Bertz CT molecular complexity index is 317. The van der Waals surface area contributed by atoms with E-state index >= 15 is 0 Å². The van der Waals surface area contributed by atoms with Gasteiger partial charge in [0.25, 0.3) is 0 Å². The molecule has 2 unspecified atom stereocenters. The number of hydrogen-bond donors (Lipinski definition) is 1. The summed E-state index contributed by atoms with van der Waals surface area (Å²) >= 11 is 0. The molecule has 2 N–H and O–H groups in total. The van der Waals surface area contributed by atoms with Crippen molar-refractivity contribution in [2.75, 3.05) is 20.3 Å². The fourth-order valence-electron chi connectivity index (χ4n) is 2.09. The summed E-state index contributed by atoms with van der Waals surface area (Å²) < 4.78 is 10.5. The standard InChI is InChI=1S/C13H19NO2/c1-15-12-4-2-10(3-5-12)8-13(14)11-6-7-16-9-11/h2-5,11,13H,6-9,14H2,1H3. The predicted octanol–water partition coefficient (Wildman–Crippen LogP) is 1.60. The Kier molecular flexibility index (Phi) is 3.80. The van der Waals surface area contributed by atoms with E-state index in [1.54, 1.807) is 7.11 Å². The minimum Gasteiger partial charge on any atom is -0.497 e. The molecular weight excluding hydrogens is 202 g/mol. The Hall–Kier alpha value is -1.06. The predicted molar refractivity (Wildman–Crippen MR) is 63.6 cm³/mol. The van der Waals surface area contributed by atoms with Gasteiger partial charge in [0.15, 0.2) is 0 Å². The molecule has 1 aromatic carbocycles. The topological polar surface area (TPSA) is 44.5 Å². The molecule has 1 heterocycles. The first-order chi connectivity index (χ1) is 7.79. The largest absolute Gasteiger partial charge is 0.497 e. The fraction of sp³-hybridized carbons (Fsp3) is 0.538. The highest BCUT2D eigenvalue weighted by molar-refractivity contribution is 5.27. The molecule has 2 rings (SSSR count). The molecule has 3 heteroatoms. The van der Waals surface area contributed by atoms with Crippen LogP contribution in [-0.2, 0) is 11.2 Å². The van der Waals surface area contributed by atoms with Crippen LogP contribution in [0.2, 0.25) is 0 Å². The SMILES string of the molecule is COc1ccc(CC(N)C2CCOC2)cc1. The Morgan fingerprint density at radius 3 is 2.75 bits per heavy atom. The molecule has 3 nitrogen and oxygen atoms in total. The summed E-state index contributed by atoms with van der Waals surface area (Å²) in [5.74, 6) is 1.41. The maximum Gasteiger partial charge on any atom is 0.118 e. The maximum absolute atomic E-state index is 6.17. The van der Waals surface area contributed by atoms with Crippen LogP contribution in [0, 0.1) is 5.92 Å². The molecule has 0 amide bonds. The molecule has 1 aliphatic heterocycles. The molecule has 16 heavy (non-hydrogen) atoms. The van der Waals surface area contributed by atoms with E-state index in [1.165, 1.54) is 5.56 Å². The second-order valence-corrected chi connectivity index (χ2v) is 4.34. The molecule has 0 saturated carbocycles. The molecule has 1 fully saturated rings. The fourth-order valence-corrected chi connectivity index (χ4v) is 2.09. The quantitative estimate of drug-likeness (QED) is 0.840. The minimum atomic E-state index is 0.205. The van der Waals surface area contributed by atoms with Crippen molar-refractivity contribution in [2.45, 2.75) is 18.9 Å². The third kappa shape index (κ3) is 2.74. The summed E-state index contributed by atoms with van der Waals surface area (Å²) in [5, 5.41) is 0. The van der Waals surface area contributed by atoms with Crippen molar-refractivity contribution in [3.05, 3.63) is 29.8 Å². The lowest BCUT2D eigenvalue weighted by molar-refractivity contribution is 0.180. The van der Waals surface area contributed by atoms with Crippen LogP contribution in [0.25, 0.3) is 0 Å². The van der Waals surface area contributed by atoms with Crippen LogP contribution in [0.5, 0.6) is 5.75 Å². The van der Waals surface area contributed by atoms with Crippen LogP contribution < -0.4 is 10.5 Å². The number of benzene rings is 1. The lowest BCUT2D eigenvalue weighted by Crippen LogP contribution is -2.32. The summed E-state index contributed by atoms with van der Waals surface area (Å²) in [7, 11) is 1.68. The van der Waals surface area contributed by atoms with Crippen LogP contribution in [-0.4, -0.2) is 26.4 Å². The van der Waals surface area contributed by atoms with Crippen molar-refractivity contribution < 1.29 is 9.47 Å². The van der Waals surface area contributed by atoms with Crippen LogP contribution in [0.1, 0.15) is 12.0 Å². The molecule has 2 atom stereocenters. The summed E-state index contributed by atoms with van der Waals surface area (Å²) in [6.45, 7) is 1.68. The van der Waals surface area contributed by atoms with Crippen molar-refractivity contribution in [3.8, 4) is 5.75 Å². The molecule has 1 aliphatic rings. The second-order valence-electron chi connectivity index (χ2n) is 4.34. The van der Waals surface area contributed by atoms with Crippen LogP contribution in [0.3, 0.4) is 0 Å². The van der Waals surface area contributed by atoms with Gasteiger partial charge in [-0.3, -0.25) is 0 Å². The van der Waals surface area contributed by atoms with E-state index in [4.69, 9.17) is 15.2 Å². The smallest absolute Gasteiger partial charge is 0.118 e. The highest BCUT2D eigenvalue weighted by Crippen LogP contribution is 2.19. The van der Waals surface area contributed by atoms with Gasteiger partial charge in [0, 0.05) is 12.6 Å². The summed E-state index contributed by atoms with van der Waals surface area (Å²) in [4.78, 5) is 0. The van der Waals surface area contributed by atoms with E-state index in [1.807, 2.05) is 12.1 Å². The van der Waals surface area contributed by atoms with Gasteiger partial charge in [-0.15, -0.1) is 0 Å². The molecule has 0 spiro atoms. The average Bonchev–Trinajstić information content (AvgIpc) is 2.83. The second kappa shape index (κ2) is 5.32. The molecule has 88 valence electrons. The summed E-state index contributed by atoms with van der Waals surface area (Å²) in [5.41, 5.74) is 7.43. The Morgan fingerprint density at radius 2 is 2.19 bits per heavy atom. The van der Waals surface area contributed by atoms with Gasteiger partial charge in [0.05, 0.1) is 13.7 Å². The van der Waals surface area contributed by atoms with Gasteiger partial charge in [-0.1, -0.05) is 12.1 Å². The van der Waals surface area contributed by atoms with Gasteiger partial charge in [-0.25, -0.2) is 0 Å². The van der Waals surface area contributed by atoms with Gasteiger partial charge in [0.1, 0.15) is 5.75 Å². The van der Waals surface area contributed by atoms with Gasteiger partial charge in [0.2, 0.25) is 0 Å². The zero-order valence-electron chi connectivity index (χ0n) is 9.69. The van der Waals surface area contributed by atoms with E-state index < -0.39 is 0 Å². The molecule has 0 aromatic heterocycles. The van der Waals surface area contributed by atoms with E-state index in [0.717, 1.165) is 31.8 Å². The van der Waals surface area contributed by atoms with E-state index in [0.29, 0.717) is 5.92 Å². The molecule has 0 radical (unpaired) electrons. The van der Waals surface area contributed by atoms with E-state index in [-0.39, 0.29) is 6.04 Å². The zero-order valence-corrected chi connectivity index (χ0v) is 9.69. The van der Waals surface area contributed by atoms with Gasteiger partial charge in [-0.2, -0.15) is 0 Å². The number of rotatable bonds is 4. The number of ether oxygens (including phenoxy) is 2. The highest BCUT2D eigenvalue weighted by Gasteiger charge is 2.22. The summed E-state index contributed by atoms with van der Waals surface area (Å²) in [6, 6.07) is 8.32. The molecular formula is C13H19NO2. The third-order valence-corrected chi connectivity index (χ3v) is 3.20. The van der Waals surface area contributed by atoms with Crippen molar-refractivity contribution in [3.63, 3.8) is 0 Å². The first-order valence-corrected chi connectivity index (χ1v) is 5.76. The van der Waals surface area contributed by atoms with E-state index in [9.17, 15) is 0 Å². The Morgan fingerprint density at radius 1 is 1.44 bits per heavy atom. The number of nitrogens with two attached hydrogens (primary N) is 1. The Balaban J connectivity index is 1.92. The lowest BCUT2D eigenvalue weighted by atomic mass is 9.94. The third-order valence-electron chi connectivity index (χ3n) is 3.20. The normalized spacial score (nSPS) is 22.0. The van der Waals surface area contributed by atoms with Crippen molar-refractivity contribution in [1.82, 2.24) is 0 Å². The highest BCUT2D eigenvalue weighted by atomic mass is 16.5. The maximum atomic E-state index is 6.17. The monoisotopic (exact) mass is 221 g/mol. The van der Waals surface area contributed by atoms with Gasteiger partial charge in [-0.05, 0) is 36.5 Å². The molecule has 1 aromatic rings. The molecule has 0 aliphatic carbocycles. The first kappa shape index (κ1) is 11.4. The van der Waals surface area contributed by atoms with E-state index in [2.05, 4.69) is 12.1 Å². The van der Waals surface area contributed by atoms with Crippen LogP contribution >= 0.6 is 0 Å².